The molecule has 80 valence electrons. The summed E-state index contributed by atoms with van der Waals surface area (Å²) >= 11 is 0. The van der Waals surface area contributed by atoms with Gasteiger partial charge in [-0.15, -0.1) is 0 Å². The molecule has 0 aliphatic heterocycles. The van der Waals surface area contributed by atoms with Crippen LogP contribution in [0.2, 0.25) is 0 Å². The number of hydrogen-bond acceptors (Lipinski definition) is 2. The lowest BCUT2D eigenvalue weighted by Gasteiger charge is -2.18. The molecule has 0 fully saturated rings. The average molecular weight is 202 g/mol. The third kappa shape index (κ3) is 2.82. The van der Waals surface area contributed by atoms with Crippen LogP contribution in [0, 0.1) is 12.8 Å². The molecular formula is C13H18N2. The monoisotopic (exact) mass is 202 g/mol. The zero-order valence-corrected chi connectivity index (χ0v) is 9.24. The Morgan fingerprint density at radius 1 is 1.47 bits per heavy atom. The molecule has 1 atom stereocenters. The van der Waals surface area contributed by atoms with Crippen LogP contribution in [-0.2, 0) is 0 Å². The number of aromatic nitrogens is 1. The van der Waals surface area contributed by atoms with Crippen molar-refractivity contribution >= 4 is 5.82 Å². The van der Waals surface area contributed by atoms with E-state index in [4.69, 9.17) is 0 Å². The van der Waals surface area contributed by atoms with E-state index in [0.29, 0.717) is 0 Å². The molecule has 0 amide bonds. The van der Waals surface area contributed by atoms with Gasteiger partial charge in [0.25, 0.3) is 0 Å². The average Bonchev–Trinajstić information content (AvgIpc) is 2.29. The molecule has 0 bridgehead atoms. The van der Waals surface area contributed by atoms with Crippen molar-refractivity contribution in [1.29, 1.82) is 0 Å². The van der Waals surface area contributed by atoms with Gasteiger partial charge in [-0.1, -0.05) is 18.2 Å². The highest BCUT2D eigenvalue weighted by molar-refractivity contribution is 5.42. The van der Waals surface area contributed by atoms with Crippen molar-refractivity contribution < 1.29 is 0 Å². The van der Waals surface area contributed by atoms with E-state index in [-0.39, 0.29) is 0 Å². The maximum absolute atomic E-state index is 4.33. The van der Waals surface area contributed by atoms with E-state index in [2.05, 4.69) is 35.4 Å². The fourth-order valence-corrected chi connectivity index (χ4v) is 1.95. The maximum Gasteiger partial charge on any atom is 0.128 e. The Morgan fingerprint density at radius 3 is 3.13 bits per heavy atom. The zero-order chi connectivity index (χ0) is 10.5. The van der Waals surface area contributed by atoms with Gasteiger partial charge >= 0.3 is 0 Å². The molecule has 1 unspecified atom stereocenters. The number of pyridine rings is 1. The second-order valence-electron chi connectivity index (χ2n) is 4.20. The highest BCUT2D eigenvalue weighted by Gasteiger charge is 2.09. The molecule has 1 aliphatic carbocycles. The van der Waals surface area contributed by atoms with Crippen molar-refractivity contribution in [2.45, 2.75) is 26.2 Å². The van der Waals surface area contributed by atoms with Crippen LogP contribution in [0.15, 0.2) is 30.5 Å². The second kappa shape index (κ2) is 4.96. The number of aryl methyl sites for hydroxylation is 1. The first-order valence-corrected chi connectivity index (χ1v) is 5.67. The van der Waals surface area contributed by atoms with Crippen LogP contribution in [0.4, 0.5) is 5.82 Å². The molecule has 15 heavy (non-hydrogen) atoms. The molecule has 1 N–H and O–H groups in total. The molecule has 0 radical (unpaired) electrons. The minimum Gasteiger partial charge on any atom is -0.370 e. The maximum atomic E-state index is 4.33. The highest BCUT2D eigenvalue weighted by atomic mass is 15.0. The summed E-state index contributed by atoms with van der Waals surface area (Å²) in [7, 11) is 0. The van der Waals surface area contributed by atoms with Crippen molar-refractivity contribution in [2.24, 2.45) is 5.92 Å². The Labute approximate surface area is 91.4 Å². The van der Waals surface area contributed by atoms with Crippen molar-refractivity contribution in [3.05, 3.63) is 36.0 Å². The smallest absolute Gasteiger partial charge is 0.128 e. The molecule has 1 aliphatic rings. The van der Waals surface area contributed by atoms with E-state index in [1.54, 1.807) is 0 Å². The molecule has 0 aromatic carbocycles. The third-order valence-electron chi connectivity index (χ3n) is 2.95. The van der Waals surface area contributed by atoms with Gasteiger partial charge in [0.05, 0.1) is 0 Å². The molecule has 1 aromatic heterocycles. The molecule has 2 nitrogen and oxygen atoms in total. The van der Waals surface area contributed by atoms with Gasteiger partial charge < -0.3 is 5.32 Å². The Hall–Kier alpha value is -1.31. The van der Waals surface area contributed by atoms with E-state index in [9.17, 15) is 0 Å². The highest BCUT2D eigenvalue weighted by Crippen LogP contribution is 2.19. The molecular weight excluding hydrogens is 184 g/mol. The van der Waals surface area contributed by atoms with Crippen molar-refractivity contribution in [3.8, 4) is 0 Å². The van der Waals surface area contributed by atoms with E-state index >= 15 is 0 Å². The quantitative estimate of drug-likeness (QED) is 0.761. The van der Waals surface area contributed by atoms with E-state index in [1.807, 2.05) is 12.3 Å². The summed E-state index contributed by atoms with van der Waals surface area (Å²) in [6.45, 7) is 3.14. The lowest BCUT2D eigenvalue weighted by molar-refractivity contribution is 0.503. The SMILES string of the molecule is Cc1cccnc1NCC1CC=CCC1. The van der Waals surface area contributed by atoms with E-state index < -0.39 is 0 Å². The molecule has 1 heterocycles. The van der Waals surface area contributed by atoms with Gasteiger partial charge in [0.15, 0.2) is 0 Å². The number of nitrogens with one attached hydrogen (secondary N) is 1. The normalized spacial score (nSPS) is 20.2. The summed E-state index contributed by atoms with van der Waals surface area (Å²) in [5, 5.41) is 3.44. The van der Waals surface area contributed by atoms with Gasteiger partial charge in [-0.25, -0.2) is 4.98 Å². The van der Waals surface area contributed by atoms with Gasteiger partial charge in [0, 0.05) is 12.7 Å². The van der Waals surface area contributed by atoms with Gasteiger partial charge in [-0.3, -0.25) is 0 Å². The molecule has 2 rings (SSSR count). The van der Waals surface area contributed by atoms with Gasteiger partial charge in [-0.05, 0) is 43.7 Å². The van der Waals surface area contributed by atoms with Crippen LogP contribution < -0.4 is 5.32 Å². The molecule has 0 saturated heterocycles. The predicted molar refractivity (Wildman–Crippen MR) is 63.9 cm³/mol. The van der Waals surface area contributed by atoms with Crippen LogP contribution in [0.1, 0.15) is 24.8 Å². The third-order valence-corrected chi connectivity index (χ3v) is 2.95. The van der Waals surface area contributed by atoms with E-state index in [1.165, 1.54) is 24.8 Å². The predicted octanol–water partition coefficient (Wildman–Crippen LogP) is 3.16. The van der Waals surface area contributed by atoms with Crippen LogP contribution >= 0.6 is 0 Å². The topological polar surface area (TPSA) is 24.9 Å². The van der Waals surface area contributed by atoms with Crippen LogP contribution in [0.3, 0.4) is 0 Å². The molecule has 0 saturated carbocycles. The number of allylic oxidation sites excluding steroid dienone is 2. The second-order valence-corrected chi connectivity index (χ2v) is 4.20. The first kappa shape index (κ1) is 10.2. The summed E-state index contributed by atoms with van der Waals surface area (Å²) in [6, 6.07) is 4.07. The minimum atomic E-state index is 0.774. The lowest BCUT2D eigenvalue weighted by Crippen LogP contribution is -2.16. The van der Waals surface area contributed by atoms with Crippen LogP contribution in [0.5, 0.6) is 0 Å². The van der Waals surface area contributed by atoms with Crippen LogP contribution in [-0.4, -0.2) is 11.5 Å². The van der Waals surface area contributed by atoms with Crippen LogP contribution in [0.25, 0.3) is 0 Å². The first-order chi connectivity index (χ1) is 7.36. The summed E-state index contributed by atoms with van der Waals surface area (Å²) in [4.78, 5) is 4.33. The standard InChI is InChI=1S/C13H18N2/c1-11-6-5-9-14-13(11)15-10-12-7-3-2-4-8-12/h2-3,5-6,9,12H,4,7-8,10H2,1H3,(H,14,15). The Morgan fingerprint density at radius 2 is 2.40 bits per heavy atom. The fraction of sp³-hybridized carbons (Fsp3) is 0.462. The molecule has 0 spiro atoms. The van der Waals surface area contributed by atoms with Crippen molar-refractivity contribution in [1.82, 2.24) is 4.98 Å². The van der Waals surface area contributed by atoms with Crippen molar-refractivity contribution in [3.63, 3.8) is 0 Å². The van der Waals surface area contributed by atoms with Gasteiger partial charge in [0.1, 0.15) is 5.82 Å². The summed E-state index contributed by atoms with van der Waals surface area (Å²) in [5.41, 5.74) is 1.23. The number of rotatable bonds is 3. The summed E-state index contributed by atoms with van der Waals surface area (Å²) < 4.78 is 0. The first-order valence-electron chi connectivity index (χ1n) is 5.67. The fourth-order valence-electron chi connectivity index (χ4n) is 1.95. The zero-order valence-electron chi connectivity index (χ0n) is 9.24. The summed E-state index contributed by atoms with van der Waals surface area (Å²) in [5.74, 6) is 1.81. The van der Waals surface area contributed by atoms with Gasteiger partial charge in [0.2, 0.25) is 0 Å². The Bertz CT molecular complexity index is 344. The minimum absolute atomic E-state index is 0.774. The largest absolute Gasteiger partial charge is 0.370 e. The van der Waals surface area contributed by atoms with Crippen molar-refractivity contribution in [2.75, 3.05) is 11.9 Å². The lowest BCUT2D eigenvalue weighted by atomic mass is 9.94. The molecule has 1 aromatic rings. The summed E-state index contributed by atoms with van der Waals surface area (Å²) in [6.07, 6.45) is 10.2. The van der Waals surface area contributed by atoms with E-state index in [0.717, 1.165) is 18.3 Å². The van der Waals surface area contributed by atoms with Gasteiger partial charge in [-0.2, -0.15) is 0 Å². The number of hydrogen-bond donors (Lipinski definition) is 1. The number of nitrogens with zero attached hydrogens (tertiary/aromatic N) is 1. The molecule has 2 heteroatoms. The Kier molecular flexibility index (Phi) is 3.38. The Balaban J connectivity index is 1.87. The number of anilines is 1.